The lowest BCUT2D eigenvalue weighted by Gasteiger charge is -2.20. The zero-order valence-electron chi connectivity index (χ0n) is 14.2. The smallest absolute Gasteiger partial charge is 0.126 e. The highest BCUT2D eigenvalue weighted by atomic mass is 16.5. The second-order valence-electron chi connectivity index (χ2n) is 6.96. The molecule has 0 aromatic heterocycles. The van der Waals surface area contributed by atoms with Crippen LogP contribution in [-0.2, 0) is 6.42 Å². The summed E-state index contributed by atoms with van der Waals surface area (Å²) >= 11 is 0. The molecule has 1 aromatic carbocycles. The van der Waals surface area contributed by atoms with Gasteiger partial charge in [-0.25, -0.2) is 0 Å². The van der Waals surface area contributed by atoms with Gasteiger partial charge in [0.15, 0.2) is 0 Å². The van der Waals surface area contributed by atoms with Crippen LogP contribution in [0.5, 0.6) is 11.5 Å². The number of hydrogen-bond donors (Lipinski definition) is 1. The van der Waals surface area contributed by atoms with E-state index in [2.05, 4.69) is 33.8 Å². The lowest BCUT2D eigenvalue weighted by Crippen LogP contribution is -2.19. The average molecular weight is 293 g/mol. The Morgan fingerprint density at radius 2 is 1.86 bits per heavy atom. The molecule has 120 valence electrons. The van der Waals surface area contributed by atoms with Gasteiger partial charge in [0.05, 0.1) is 13.2 Å². The standard InChI is InChI=1S/C18H31NO2/c1-6-10-20-16-8-7-15(12-14(2)19)17(13-16)21-11-9-18(3,4)5/h7-8,13-14H,6,9-12,19H2,1-5H3. The van der Waals surface area contributed by atoms with Crippen LogP contribution in [0.2, 0.25) is 0 Å². The van der Waals surface area contributed by atoms with E-state index in [1.165, 1.54) is 0 Å². The molecule has 0 amide bonds. The van der Waals surface area contributed by atoms with Crippen LogP contribution in [0.25, 0.3) is 0 Å². The molecule has 21 heavy (non-hydrogen) atoms. The van der Waals surface area contributed by atoms with Gasteiger partial charge >= 0.3 is 0 Å². The van der Waals surface area contributed by atoms with Gasteiger partial charge < -0.3 is 15.2 Å². The Morgan fingerprint density at radius 1 is 1.14 bits per heavy atom. The van der Waals surface area contributed by atoms with Crippen molar-refractivity contribution < 1.29 is 9.47 Å². The zero-order chi connectivity index (χ0) is 15.9. The molecule has 0 bridgehead atoms. The largest absolute Gasteiger partial charge is 0.493 e. The minimum atomic E-state index is 0.123. The molecule has 3 nitrogen and oxygen atoms in total. The van der Waals surface area contributed by atoms with Gasteiger partial charge in [-0.15, -0.1) is 0 Å². The minimum absolute atomic E-state index is 0.123. The first-order valence-corrected chi connectivity index (χ1v) is 7.96. The van der Waals surface area contributed by atoms with Crippen molar-refractivity contribution in [3.8, 4) is 11.5 Å². The maximum Gasteiger partial charge on any atom is 0.126 e. The van der Waals surface area contributed by atoms with E-state index in [9.17, 15) is 0 Å². The van der Waals surface area contributed by atoms with E-state index in [1.807, 2.05) is 19.1 Å². The van der Waals surface area contributed by atoms with Crippen molar-refractivity contribution in [2.24, 2.45) is 11.1 Å². The Labute approximate surface area is 129 Å². The Morgan fingerprint density at radius 3 is 2.43 bits per heavy atom. The second-order valence-corrected chi connectivity index (χ2v) is 6.96. The molecular weight excluding hydrogens is 262 g/mol. The molecule has 0 radical (unpaired) electrons. The van der Waals surface area contributed by atoms with Gasteiger partial charge in [-0.2, -0.15) is 0 Å². The molecule has 1 atom stereocenters. The fraction of sp³-hybridized carbons (Fsp3) is 0.667. The SMILES string of the molecule is CCCOc1ccc(CC(C)N)c(OCCC(C)(C)C)c1. The molecule has 0 heterocycles. The van der Waals surface area contributed by atoms with Crippen LogP contribution < -0.4 is 15.2 Å². The molecule has 1 rings (SSSR count). The Hall–Kier alpha value is -1.22. The maximum atomic E-state index is 6.00. The molecule has 0 saturated heterocycles. The second kappa shape index (κ2) is 8.28. The van der Waals surface area contributed by atoms with E-state index >= 15 is 0 Å². The molecule has 0 spiro atoms. The number of nitrogens with two attached hydrogens (primary N) is 1. The summed E-state index contributed by atoms with van der Waals surface area (Å²) in [4.78, 5) is 0. The Bertz CT molecular complexity index is 422. The quantitative estimate of drug-likeness (QED) is 0.782. The van der Waals surface area contributed by atoms with Crippen LogP contribution in [-0.4, -0.2) is 19.3 Å². The van der Waals surface area contributed by atoms with E-state index in [4.69, 9.17) is 15.2 Å². The van der Waals surface area contributed by atoms with Gasteiger partial charge in [0.2, 0.25) is 0 Å². The summed E-state index contributed by atoms with van der Waals surface area (Å²) in [5.74, 6) is 1.78. The molecule has 0 aliphatic heterocycles. The van der Waals surface area contributed by atoms with Crippen molar-refractivity contribution in [3.05, 3.63) is 23.8 Å². The minimum Gasteiger partial charge on any atom is -0.493 e. The first kappa shape index (κ1) is 17.8. The molecule has 0 aliphatic rings. The van der Waals surface area contributed by atoms with Crippen molar-refractivity contribution in [2.45, 2.75) is 59.9 Å². The summed E-state index contributed by atoms with van der Waals surface area (Å²) in [6.07, 6.45) is 2.84. The van der Waals surface area contributed by atoms with E-state index in [0.717, 1.165) is 42.9 Å². The molecule has 0 saturated carbocycles. The van der Waals surface area contributed by atoms with Crippen LogP contribution >= 0.6 is 0 Å². The summed E-state index contributed by atoms with van der Waals surface area (Å²) in [5.41, 5.74) is 7.35. The van der Waals surface area contributed by atoms with E-state index < -0.39 is 0 Å². The van der Waals surface area contributed by atoms with Crippen molar-refractivity contribution in [1.82, 2.24) is 0 Å². The molecule has 3 heteroatoms. The summed E-state index contributed by atoms with van der Waals surface area (Å²) < 4.78 is 11.7. The first-order valence-electron chi connectivity index (χ1n) is 7.96. The molecule has 2 N–H and O–H groups in total. The number of benzene rings is 1. The lowest BCUT2D eigenvalue weighted by molar-refractivity contribution is 0.239. The molecule has 1 aromatic rings. The summed E-state index contributed by atoms with van der Waals surface area (Å²) in [5, 5.41) is 0. The van der Waals surface area contributed by atoms with Gasteiger partial charge in [0, 0.05) is 12.1 Å². The van der Waals surface area contributed by atoms with E-state index in [1.54, 1.807) is 0 Å². The van der Waals surface area contributed by atoms with Crippen LogP contribution in [0.4, 0.5) is 0 Å². The van der Waals surface area contributed by atoms with Crippen LogP contribution in [0.15, 0.2) is 18.2 Å². The van der Waals surface area contributed by atoms with E-state index in [-0.39, 0.29) is 11.5 Å². The molecule has 0 aliphatic carbocycles. The molecule has 1 unspecified atom stereocenters. The van der Waals surface area contributed by atoms with Gasteiger partial charge in [0.1, 0.15) is 11.5 Å². The highest BCUT2D eigenvalue weighted by Crippen LogP contribution is 2.27. The number of hydrogen-bond acceptors (Lipinski definition) is 3. The summed E-state index contributed by atoms with van der Waals surface area (Å²) in [6.45, 7) is 12.2. The lowest BCUT2D eigenvalue weighted by atomic mass is 9.93. The summed E-state index contributed by atoms with van der Waals surface area (Å²) in [6, 6.07) is 6.19. The fourth-order valence-corrected chi connectivity index (χ4v) is 1.96. The van der Waals surface area contributed by atoms with Gasteiger partial charge in [-0.3, -0.25) is 0 Å². The zero-order valence-corrected chi connectivity index (χ0v) is 14.2. The van der Waals surface area contributed by atoms with Gasteiger partial charge in [-0.1, -0.05) is 33.8 Å². The summed E-state index contributed by atoms with van der Waals surface area (Å²) in [7, 11) is 0. The van der Waals surface area contributed by atoms with Crippen molar-refractivity contribution in [2.75, 3.05) is 13.2 Å². The molecule has 0 fully saturated rings. The molecular formula is C18H31NO2. The number of rotatable bonds is 8. The topological polar surface area (TPSA) is 44.5 Å². The fourth-order valence-electron chi connectivity index (χ4n) is 1.96. The van der Waals surface area contributed by atoms with Crippen LogP contribution in [0.3, 0.4) is 0 Å². The third-order valence-electron chi connectivity index (χ3n) is 3.16. The van der Waals surface area contributed by atoms with Crippen LogP contribution in [0.1, 0.15) is 53.0 Å². The van der Waals surface area contributed by atoms with Gasteiger partial charge in [0.25, 0.3) is 0 Å². The average Bonchev–Trinajstić information content (AvgIpc) is 2.36. The predicted octanol–water partition coefficient (Wildman–Crippen LogP) is 4.18. The van der Waals surface area contributed by atoms with Crippen molar-refractivity contribution in [3.63, 3.8) is 0 Å². The predicted molar refractivity (Wildman–Crippen MR) is 89.1 cm³/mol. The van der Waals surface area contributed by atoms with E-state index in [0.29, 0.717) is 6.61 Å². The highest BCUT2D eigenvalue weighted by Gasteiger charge is 2.12. The maximum absolute atomic E-state index is 6.00. The van der Waals surface area contributed by atoms with Crippen molar-refractivity contribution in [1.29, 1.82) is 0 Å². The third-order valence-corrected chi connectivity index (χ3v) is 3.16. The van der Waals surface area contributed by atoms with Crippen LogP contribution in [0, 0.1) is 5.41 Å². The first-order chi connectivity index (χ1) is 9.81. The van der Waals surface area contributed by atoms with Gasteiger partial charge in [-0.05, 0) is 43.2 Å². The Balaban J connectivity index is 2.78. The number of ether oxygens (including phenoxy) is 2. The monoisotopic (exact) mass is 293 g/mol. The van der Waals surface area contributed by atoms with Crippen molar-refractivity contribution >= 4 is 0 Å². The highest BCUT2D eigenvalue weighted by molar-refractivity contribution is 5.41. The normalized spacial score (nSPS) is 13.0. The third kappa shape index (κ3) is 7.37. The Kier molecular flexibility index (Phi) is 7.03.